The molecule has 1 atom stereocenters. The van der Waals surface area contributed by atoms with Crippen molar-refractivity contribution in [2.45, 2.75) is 6.04 Å². The van der Waals surface area contributed by atoms with Gasteiger partial charge in [-0.1, -0.05) is 15.9 Å². The number of benzene rings is 1. The van der Waals surface area contributed by atoms with Crippen molar-refractivity contribution in [2.75, 3.05) is 18.0 Å². The van der Waals surface area contributed by atoms with Crippen LogP contribution in [-0.2, 0) is 9.59 Å². The van der Waals surface area contributed by atoms with Crippen LogP contribution in [0.15, 0.2) is 28.7 Å². The number of amides is 1. The first-order valence-electron chi connectivity index (χ1n) is 5.09. The van der Waals surface area contributed by atoms with E-state index in [9.17, 15) is 9.59 Å². The van der Waals surface area contributed by atoms with Gasteiger partial charge >= 0.3 is 5.97 Å². The first kappa shape index (κ1) is 11.9. The van der Waals surface area contributed by atoms with Gasteiger partial charge in [0.05, 0.1) is 6.54 Å². The number of carboxylic acid groups (broad SMARTS) is 1. The fourth-order valence-electron chi connectivity index (χ4n) is 1.73. The van der Waals surface area contributed by atoms with Crippen LogP contribution in [0.25, 0.3) is 0 Å². The van der Waals surface area contributed by atoms with Crippen LogP contribution in [0, 0.1) is 0 Å². The van der Waals surface area contributed by atoms with Gasteiger partial charge in [0.1, 0.15) is 6.04 Å². The van der Waals surface area contributed by atoms with Crippen LogP contribution in [0.2, 0.25) is 0 Å². The average Bonchev–Trinajstić information content (AvgIpc) is 2.29. The quantitative estimate of drug-likeness (QED) is 0.849. The van der Waals surface area contributed by atoms with Crippen LogP contribution in [0.5, 0.6) is 0 Å². The molecule has 2 N–H and O–H groups in total. The van der Waals surface area contributed by atoms with Gasteiger partial charge in [0, 0.05) is 16.7 Å². The summed E-state index contributed by atoms with van der Waals surface area (Å²) in [5.74, 6) is -1.29. The second-order valence-electron chi connectivity index (χ2n) is 3.82. The molecule has 1 unspecified atom stereocenters. The molecule has 1 fully saturated rings. The number of carbonyl (C=O) groups excluding carboxylic acids is 1. The van der Waals surface area contributed by atoms with Gasteiger partial charge in [-0.15, -0.1) is 0 Å². The summed E-state index contributed by atoms with van der Waals surface area (Å²) in [5.41, 5.74) is 0.842. The highest BCUT2D eigenvalue weighted by Crippen LogP contribution is 2.19. The van der Waals surface area contributed by atoms with Gasteiger partial charge in [-0.05, 0) is 24.3 Å². The molecule has 0 aromatic heterocycles. The third-order valence-corrected chi connectivity index (χ3v) is 3.09. The molecule has 1 aromatic rings. The summed E-state index contributed by atoms with van der Waals surface area (Å²) in [4.78, 5) is 24.0. The SMILES string of the molecule is O=C1CN(c2ccc(Br)cc2)CC(C(=O)O)N1. The van der Waals surface area contributed by atoms with E-state index in [0.29, 0.717) is 0 Å². The van der Waals surface area contributed by atoms with Crippen LogP contribution in [0.3, 0.4) is 0 Å². The Kier molecular flexibility index (Phi) is 3.33. The summed E-state index contributed by atoms with van der Waals surface area (Å²) in [6.45, 7) is 0.466. The van der Waals surface area contributed by atoms with Gasteiger partial charge in [-0.3, -0.25) is 4.79 Å². The number of anilines is 1. The number of hydrogen-bond acceptors (Lipinski definition) is 3. The molecule has 0 radical (unpaired) electrons. The van der Waals surface area contributed by atoms with Crippen molar-refractivity contribution in [1.29, 1.82) is 0 Å². The summed E-state index contributed by atoms with van der Waals surface area (Å²) >= 11 is 3.32. The average molecular weight is 299 g/mol. The molecule has 17 heavy (non-hydrogen) atoms. The molecule has 0 bridgehead atoms. The Labute approximate surface area is 107 Å². The van der Waals surface area contributed by atoms with E-state index in [-0.39, 0.29) is 19.0 Å². The summed E-state index contributed by atoms with van der Waals surface area (Å²) in [7, 11) is 0. The zero-order valence-electron chi connectivity index (χ0n) is 8.89. The highest BCUT2D eigenvalue weighted by atomic mass is 79.9. The van der Waals surface area contributed by atoms with Crippen LogP contribution in [-0.4, -0.2) is 36.1 Å². The third-order valence-electron chi connectivity index (χ3n) is 2.56. The number of piperazine rings is 1. The molecule has 1 aromatic carbocycles. The molecule has 1 aliphatic rings. The first-order chi connectivity index (χ1) is 8.06. The summed E-state index contributed by atoms with van der Waals surface area (Å²) < 4.78 is 0.942. The largest absolute Gasteiger partial charge is 0.480 e. The zero-order chi connectivity index (χ0) is 12.4. The van der Waals surface area contributed by atoms with E-state index in [4.69, 9.17) is 5.11 Å². The minimum atomic E-state index is -1.01. The minimum absolute atomic E-state index is 0.186. The lowest BCUT2D eigenvalue weighted by atomic mass is 10.2. The van der Waals surface area contributed by atoms with Crippen LogP contribution < -0.4 is 10.2 Å². The molecule has 90 valence electrons. The molecule has 5 nitrogen and oxygen atoms in total. The standard InChI is InChI=1S/C11H11BrN2O3/c12-7-1-3-8(4-2-7)14-5-9(11(16)17)13-10(15)6-14/h1-4,9H,5-6H2,(H,13,15)(H,16,17). The molecule has 6 heteroatoms. The number of rotatable bonds is 2. The zero-order valence-corrected chi connectivity index (χ0v) is 10.5. The third kappa shape index (κ3) is 2.76. The molecule has 1 amide bonds. The second-order valence-corrected chi connectivity index (χ2v) is 4.73. The first-order valence-corrected chi connectivity index (χ1v) is 5.88. The van der Waals surface area contributed by atoms with Crippen molar-refractivity contribution < 1.29 is 14.7 Å². The maximum Gasteiger partial charge on any atom is 0.328 e. The van der Waals surface area contributed by atoms with Crippen molar-refractivity contribution >= 4 is 33.5 Å². The predicted octanol–water partition coefficient (Wildman–Crippen LogP) is 0.839. The van der Waals surface area contributed by atoms with Gasteiger partial charge in [-0.2, -0.15) is 0 Å². The number of halogens is 1. The molecular formula is C11H11BrN2O3. The van der Waals surface area contributed by atoms with Crippen LogP contribution >= 0.6 is 15.9 Å². The van der Waals surface area contributed by atoms with Gasteiger partial charge in [0.2, 0.25) is 5.91 Å². The maximum absolute atomic E-state index is 11.4. The lowest BCUT2D eigenvalue weighted by Gasteiger charge is -2.32. The van der Waals surface area contributed by atoms with Crippen molar-refractivity contribution in [1.82, 2.24) is 5.32 Å². The Morgan fingerprint density at radius 1 is 1.41 bits per heavy atom. The van der Waals surface area contributed by atoms with Crippen molar-refractivity contribution in [3.05, 3.63) is 28.7 Å². The Balaban J connectivity index is 2.18. The van der Waals surface area contributed by atoms with E-state index in [2.05, 4.69) is 21.2 Å². The lowest BCUT2D eigenvalue weighted by Crippen LogP contribution is -2.57. The predicted molar refractivity (Wildman–Crippen MR) is 65.9 cm³/mol. The van der Waals surface area contributed by atoms with E-state index < -0.39 is 12.0 Å². The smallest absolute Gasteiger partial charge is 0.328 e. The number of aliphatic carboxylic acids is 1. The number of hydrogen-bond donors (Lipinski definition) is 2. The molecule has 0 spiro atoms. The van der Waals surface area contributed by atoms with Crippen molar-refractivity contribution in [3.8, 4) is 0 Å². The monoisotopic (exact) mass is 298 g/mol. The number of carbonyl (C=O) groups is 2. The molecular weight excluding hydrogens is 288 g/mol. The van der Waals surface area contributed by atoms with Gasteiger partial charge < -0.3 is 15.3 Å². The molecule has 0 aliphatic carbocycles. The lowest BCUT2D eigenvalue weighted by molar-refractivity contribution is -0.142. The molecule has 0 saturated carbocycles. The molecule has 1 saturated heterocycles. The van der Waals surface area contributed by atoms with Crippen LogP contribution in [0.1, 0.15) is 0 Å². The molecule has 2 rings (SSSR count). The van der Waals surface area contributed by atoms with Gasteiger partial charge in [-0.25, -0.2) is 4.79 Å². The van der Waals surface area contributed by atoms with Crippen LogP contribution in [0.4, 0.5) is 5.69 Å². The molecule has 1 heterocycles. The fourth-order valence-corrected chi connectivity index (χ4v) is 2.00. The van der Waals surface area contributed by atoms with Gasteiger partial charge in [0.15, 0.2) is 0 Å². The summed E-state index contributed by atoms with van der Waals surface area (Å²) in [6, 6.07) is 6.57. The highest BCUT2D eigenvalue weighted by molar-refractivity contribution is 9.10. The summed E-state index contributed by atoms with van der Waals surface area (Å²) in [6.07, 6.45) is 0. The van der Waals surface area contributed by atoms with Crippen molar-refractivity contribution in [2.24, 2.45) is 0 Å². The van der Waals surface area contributed by atoms with E-state index in [0.717, 1.165) is 10.2 Å². The van der Waals surface area contributed by atoms with E-state index in [1.54, 1.807) is 4.90 Å². The Hall–Kier alpha value is -1.56. The van der Waals surface area contributed by atoms with Gasteiger partial charge in [0.25, 0.3) is 0 Å². The van der Waals surface area contributed by atoms with E-state index in [1.807, 2.05) is 24.3 Å². The number of nitrogens with one attached hydrogen (secondary N) is 1. The Bertz CT molecular complexity index is 447. The second kappa shape index (κ2) is 4.75. The topological polar surface area (TPSA) is 69.6 Å². The highest BCUT2D eigenvalue weighted by Gasteiger charge is 2.29. The Morgan fingerprint density at radius 2 is 2.06 bits per heavy atom. The minimum Gasteiger partial charge on any atom is -0.480 e. The normalized spacial score (nSPS) is 19.9. The number of carboxylic acids is 1. The summed E-state index contributed by atoms with van der Waals surface area (Å²) in [5, 5.41) is 11.4. The Morgan fingerprint density at radius 3 is 2.65 bits per heavy atom. The maximum atomic E-state index is 11.4. The molecule has 1 aliphatic heterocycles. The van der Waals surface area contributed by atoms with E-state index in [1.165, 1.54) is 0 Å². The fraction of sp³-hybridized carbons (Fsp3) is 0.273. The number of nitrogens with zero attached hydrogens (tertiary/aromatic N) is 1. The van der Waals surface area contributed by atoms with Crippen molar-refractivity contribution in [3.63, 3.8) is 0 Å². The van der Waals surface area contributed by atoms with E-state index >= 15 is 0 Å².